The predicted molar refractivity (Wildman–Crippen MR) is 141 cm³/mol. The van der Waals surface area contributed by atoms with Gasteiger partial charge < -0.3 is 23.9 Å². The second-order valence-electron chi connectivity index (χ2n) is 11.8. The van der Waals surface area contributed by atoms with E-state index in [1.54, 1.807) is 0 Å². The molecule has 0 saturated carbocycles. The molecule has 3 heterocycles. The Morgan fingerprint density at radius 1 is 1.06 bits per heavy atom. The number of anilines is 1. The van der Waals surface area contributed by atoms with Crippen molar-refractivity contribution in [1.82, 2.24) is 9.80 Å². The average Bonchev–Trinajstić information content (AvgIpc) is 3.10. The van der Waals surface area contributed by atoms with Crippen molar-refractivity contribution >= 4 is 14.0 Å². The summed E-state index contributed by atoms with van der Waals surface area (Å²) >= 11 is 0. The number of hydrogen-bond acceptors (Lipinski definition) is 5. The molecule has 0 bridgehead atoms. The molecule has 0 spiro atoms. The van der Waals surface area contributed by atoms with Gasteiger partial charge >= 0.3 is 0 Å². The van der Waals surface area contributed by atoms with E-state index in [9.17, 15) is 0 Å². The number of nitrogens with zero attached hydrogens (tertiary/aromatic N) is 3. The van der Waals surface area contributed by atoms with Gasteiger partial charge in [-0.3, -0.25) is 0 Å². The molecule has 3 aliphatic rings. The minimum atomic E-state index is -1.68. The zero-order valence-corrected chi connectivity index (χ0v) is 23.0. The van der Waals surface area contributed by atoms with Crippen molar-refractivity contribution in [2.75, 3.05) is 44.2 Å². The summed E-state index contributed by atoms with van der Waals surface area (Å²) in [5.74, 6) is 1.04. The van der Waals surface area contributed by atoms with Crippen LogP contribution < -0.4 is 9.64 Å². The molecule has 6 heteroatoms. The van der Waals surface area contributed by atoms with Crippen molar-refractivity contribution < 1.29 is 9.16 Å². The molecule has 184 valence electrons. The maximum atomic E-state index is 6.41. The third kappa shape index (κ3) is 5.60. The first kappa shape index (κ1) is 24.6. The van der Waals surface area contributed by atoms with Crippen LogP contribution in [0.2, 0.25) is 18.1 Å². The van der Waals surface area contributed by atoms with E-state index in [0.717, 1.165) is 64.3 Å². The highest BCUT2D eigenvalue weighted by Crippen LogP contribution is 2.39. The smallest absolute Gasteiger partial charge is 0.192 e. The Labute approximate surface area is 202 Å². The number of benzene rings is 1. The van der Waals surface area contributed by atoms with Crippen molar-refractivity contribution in [1.29, 1.82) is 0 Å². The van der Waals surface area contributed by atoms with Gasteiger partial charge in [0.1, 0.15) is 11.9 Å². The van der Waals surface area contributed by atoms with Gasteiger partial charge in [0.25, 0.3) is 0 Å². The summed E-state index contributed by atoms with van der Waals surface area (Å²) < 4.78 is 12.8. The number of piperidine rings is 1. The molecule has 5 nitrogen and oxygen atoms in total. The highest BCUT2D eigenvalue weighted by Gasteiger charge is 2.37. The van der Waals surface area contributed by atoms with Crippen LogP contribution in [0.3, 0.4) is 0 Å². The van der Waals surface area contributed by atoms with Gasteiger partial charge in [0.2, 0.25) is 0 Å². The van der Waals surface area contributed by atoms with E-state index >= 15 is 0 Å². The molecule has 0 unspecified atom stereocenters. The number of allylic oxidation sites excluding steroid dienone is 1. The number of fused-ring (bicyclic) bond motifs is 3. The van der Waals surface area contributed by atoms with Crippen LogP contribution >= 0.6 is 0 Å². The van der Waals surface area contributed by atoms with Crippen molar-refractivity contribution in [3.63, 3.8) is 0 Å². The quantitative estimate of drug-likeness (QED) is 0.491. The Morgan fingerprint density at radius 2 is 1.79 bits per heavy atom. The number of hydrogen-bond donors (Lipinski definition) is 0. The van der Waals surface area contributed by atoms with Crippen LogP contribution in [-0.2, 0) is 10.8 Å². The first-order chi connectivity index (χ1) is 15.5. The summed E-state index contributed by atoms with van der Waals surface area (Å²) in [6.07, 6.45) is 5.95. The standard InChI is InChI=1S/C27H45N3O2Si/c1-21(2)29-12-10-24(11-13-29)32-25-8-9-26-22(19-25)18-23-20-28(14-15-30(23)26)16-17-31-33(6,7)27(3,4)5/h8-9,19-21,24H,10-18H2,1-7H3. The van der Waals surface area contributed by atoms with Crippen molar-refractivity contribution in [3.8, 4) is 5.75 Å². The molecule has 4 rings (SSSR count). The van der Waals surface area contributed by atoms with Gasteiger partial charge in [0.15, 0.2) is 8.32 Å². The van der Waals surface area contributed by atoms with E-state index < -0.39 is 8.32 Å². The monoisotopic (exact) mass is 471 g/mol. The zero-order chi connectivity index (χ0) is 23.8. The molecule has 0 atom stereocenters. The van der Waals surface area contributed by atoms with E-state index in [4.69, 9.17) is 9.16 Å². The SMILES string of the molecule is CC(C)N1CCC(Oc2ccc3c(c2)CC2=CN(CCO[Si](C)(C)C(C)(C)C)CCN23)CC1. The lowest BCUT2D eigenvalue weighted by molar-refractivity contribution is 0.0843. The molecule has 0 aliphatic carbocycles. The summed E-state index contributed by atoms with van der Waals surface area (Å²) in [5.41, 5.74) is 4.17. The van der Waals surface area contributed by atoms with Crippen LogP contribution in [0.4, 0.5) is 5.69 Å². The lowest BCUT2D eigenvalue weighted by Gasteiger charge is -2.38. The van der Waals surface area contributed by atoms with Crippen LogP contribution in [0.15, 0.2) is 30.1 Å². The van der Waals surface area contributed by atoms with Gasteiger partial charge in [0, 0.05) is 62.8 Å². The molecule has 33 heavy (non-hydrogen) atoms. The Kier molecular flexibility index (Phi) is 7.18. The van der Waals surface area contributed by atoms with Gasteiger partial charge in [-0.2, -0.15) is 0 Å². The Balaban J connectivity index is 1.32. The van der Waals surface area contributed by atoms with E-state index in [1.165, 1.54) is 16.9 Å². The summed E-state index contributed by atoms with van der Waals surface area (Å²) in [6.45, 7) is 22.3. The van der Waals surface area contributed by atoms with Crippen LogP contribution in [0, 0.1) is 0 Å². The van der Waals surface area contributed by atoms with Crippen molar-refractivity contribution in [3.05, 3.63) is 35.7 Å². The van der Waals surface area contributed by atoms with Crippen LogP contribution in [-0.4, -0.2) is 69.6 Å². The number of ether oxygens (including phenoxy) is 1. The van der Waals surface area contributed by atoms with Gasteiger partial charge in [-0.25, -0.2) is 0 Å². The van der Waals surface area contributed by atoms with E-state index in [-0.39, 0.29) is 5.04 Å². The molecule has 0 radical (unpaired) electrons. The Bertz CT molecular complexity index is 853. The summed E-state index contributed by atoms with van der Waals surface area (Å²) in [5, 5.41) is 0.266. The molecule has 1 fully saturated rings. The second-order valence-corrected chi connectivity index (χ2v) is 16.6. The van der Waals surface area contributed by atoms with Crippen LogP contribution in [0.1, 0.15) is 53.0 Å². The van der Waals surface area contributed by atoms with Gasteiger partial charge in [-0.15, -0.1) is 0 Å². The number of rotatable bonds is 7. The second kappa shape index (κ2) is 9.63. The molecule has 0 N–H and O–H groups in total. The minimum Gasteiger partial charge on any atom is -0.490 e. The van der Waals surface area contributed by atoms with Gasteiger partial charge in [0.05, 0.1) is 6.61 Å². The molecule has 1 aromatic rings. The molecule has 0 amide bonds. The zero-order valence-electron chi connectivity index (χ0n) is 22.0. The van der Waals surface area contributed by atoms with E-state index in [0.29, 0.717) is 12.1 Å². The minimum absolute atomic E-state index is 0.266. The fourth-order valence-corrected chi connectivity index (χ4v) is 5.92. The predicted octanol–water partition coefficient (Wildman–Crippen LogP) is 5.48. The fourth-order valence-electron chi connectivity index (χ4n) is 4.88. The van der Waals surface area contributed by atoms with Crippen LogP contribution in [0.5, 0.6) is 5.75 Å². The first-order valence-electron chi connectivity index (χ1n) is 12.9. The van der Waals surface area contributed by atoms with Gasteiger partial charge in [-0.05, 0) is 68.6 Å². The summed E-state index contributed by atoms with van der Waals surface area (Å²) in [6, 6.07) is 7.37. The average molecular weight is 472 g/mol. The molecule has 0 aromatic heterocycles. The van der Waals surface area contributed by atoms with E-state index in [1.807, 2.05) is 0 Å². The molecule has 1 saturated heterocycles. The molecule has 3 aliphatic heterocycles. The maximum absolute atomic E-state index is 6.41. The Morgan fingerprint density at radius 3 is 2.45 bits per heavy atom. The third-order valence-corrected chi connectivity index (χ3v) is 12.7. The maximum Gasteiger partial charge on any atom is 0.192 e. The molecule has 1 aromatic carbocycles. The molecular weight excluding hydrogens is 426 g/mol. The Hall–Kier alpha value is -1.50. The number of likely N-dealkylation sites (tertiary alicyclic amines) is 1. The lowest BCUT2D eigenvalue weighted by Crippen LogP contribution is -2.43. The summed E-state index contributed by atoms with van der Waals surface area (Å²) in [4.78, 5) is 7.49. The fraction of sp³-hybridized carbons (Fsp3) is 0.704. The highest BCUT2D eigenvalue weighted by atomic mass is 28.4. The normalized spacial score (nSPS) is 20.2. The first-order valence-corrected chi connectivity index (χ1v) is 15.8. The summed E-state index contributed by atoms with van der Waals surface area (Å²) in [7, 11) is -1.68. The van der Waals surface area contributed by atoms with Crippen LogP contribution in [0.25, 0.3) is 0 Å². The van der Waals surface area contributed by atoms with Crippen molar-refractivity contribution in [2.45, 2.75) is 84.2 Å². The van der Waals surface area contributed by atoms with Gasteiger partial charge in [-0.1, -0.05) is 20.8 Å². The largest absolute Gasteiger partial charge is 0.490 e. The van der Waals surface area contributed by atoms with E-state index in [2.05, 4.69) is 86.8 Å². The third-order valence-electron chi connectivity index (χ3n) is 8.16. The lowest BCUT2D eigenvalue weighted by atomic mass is 10.1. The topological polar surface area (TPSA) is 28.2 Å². The highest BCUT2D eigenvalue weighted by molar-refractivity contribution is 6.74. The molecular formula is C27H45N3O2Si. The van der Waals surface area contributed by atoms with Crippen molar-refractivity contribution in [2.24, 2.45) is 0 Å².